The molecule has 0 aliphatic carbocycles. The molecule has 5 nitrogen and oxygen atoms in total. The van der Waals surface area contributed by atoms with Crippen LogP contribution in [0, 0.1) is 0 Å². The molecule has 2 N–H and O–H groups in total. The van der Waals surface area contributed by atoms with Gasteiger partial charge in [-0.1, -0.05) is 36.4 Å². The molecule has 2 amide bonds. The van der Waals surface area contributed by atoms with E-state index in [-0.39, 0.29) is 24.5 Å². The van der Waals surface area contributed by atoms with E-state index < -0.39 is 0 Å². The van der Waals surface area contributed by atoms with Gasteiger partial charge in [-0.15, -0.1) is 0 Å². The molecule has 0 aliphatic rings. The van der Waals surface area contributed by atoms with E-state index in [0.29, 0.717) is 17.5 Å². The zero-order chi connectivity index (χ0) is 17.5. The van der Waals surface area contributed by atoms with Crippen LogP contribution in [0.5, 0.6) is 0 Å². The quantitative estimate of drug-likeness (QED) is 0.849. The van der Waals surface area contributed by atoms with Crippen molar-refractivity contribution in [2.75, 3.05) is 20.7 Å². The fraction of sp³-hybridized carbons (Fsp3) is 0.263. The number of nitrogens with one attached hydrogen (secondary N) is 1. The highest BCUT2D eigenvalue weighted by atomic mass is 16.3. The zero-order valence-electron chi connectivity index (χ0n) is 13.9. The van der Waals surface area contributed by atoms with E-state index in [1.165, 1.54) is 4.90 Å². The predicted octanol–water partition coefficient (Wildman–Crippen LogP) is 1.72. The fourth-order valence-corrected chi connectivity index (χ4v) is 2.38. The van der Waals surface area contributed by atoms with Crippen LogP contribution in [0.15, 0.2) is 54.6 Å². The van der Waals surface area contributed by atoms with Gasteiger partial charge >= 0.3 is 0 Å². The summed E-state index contributed by atoms with van der Waals surface area (Å²) in [4.78, 5) is 25.9. The van der Waals surface area contributed by atoms with Gasteiger partial charge < -0.3 is 15.3 Å². The molecule has 0 spiro atoms. The van der Waals surface area contributed by atoms with Crippen LogP contribution in [0.4, 0.5) is 0 Å². The normalized spacial score (nSPS) is 11.6. The minimum atomic E-state index is -0.381. The number of hydrogen-bond donors (Lipinski definition) is 2. The number of aliphatic hydroxyl groups is 1. The minimum Gasteiger partial charge on any atom is -0.394 e. The first kappa shape index (κ1) is 17.7. The van der Waals surface area contributed by atoms with Gasteiger partial charge in [0.2, 0.25) is 0 Å². The average molecular weight is 326 g/mol. The van der Waals surface area contributed by atoms with Crippen molar-refractivity contribution in [1.82, 2.24) is 10.2 Å². The van der Waals surface area contributed by atoms with E-state index in [2.05, 4.69) is 5.32 Å². The van der Waals surface area contributed by atoms with Crippen LogP contribution in [-0.4, -0.2) is 48.6 Å². The van der Waals surface area contributed by atoms with Crippen molar-refractivity contribution in [3.8, 4) is 0 Å². The van der Waals surface area contributed by atoms with Crippen molar-refractivity contribution in [1.29, 1.82) is 0 Å². The average Bonchev–Trinajstić information content (AvgIpc) is 2.61. The number of rotatable bonds is 6. The van der Waals surface area contributed by atoms with E-state index in [4.69, 9.17) is 0 Å². The lowest BCUT2D eigenvalue weighted by atomic mass is 10.1. The summed E-state index contributed by atoms with van der Waals surface area (Å²) < 4.78 is 0. The van der Waals surface area contributed by atoms with Crippen LogP contribution in [0.2, 0.25) is 0 Å². The van der Waals surface area contributed by atoms with Crippen molar-refractivity contribution in [2.24, 2.45) is 0 Å². The molecule has 0 radical (unpaired) electrons. The maximum absolute atomic E-state index is 12.4. The number of hydrogen-bond acceptors (Lipinski definition) is 3. The molecule has 0 saturated carbocycles. The fourth-order valence-electron chi connectivity index (χ4n) is 2.38. The topological polar surface area (TPSA) is 69.6 Å². The van der Waals surface area contributed by atoms with Crippen LogP contribution in [0.3, 0.4) is 0 Å². The summed E-state index contributed by atoms with van der Waals surface area (Å²) in [6.07, 6.45) is 0.541. The van der Waals surface area contributed by atoms with Crippen LogP contribution in [0.25, 0.3) is 0 Å². The third-order valence-corrected chi connectivity index (χ3v) is 3.66. The third kappa shape index (κ3) is 4.67. The summed E-state index contributed by atoms with van der Waals surface area (Å²) in [6, 6.07) is 15.8. The Morgan fingerprint density at radius 2 is 1.71 bits per heavy atom. The largest absolute Gasteiger partial charge is 0.394 e. The molecule has 126 valence electrons. The van der Waals surface area contributed by atoms with Crippen molar-refractivity contribution < 1.29 is 14.7 Å². The lowest BCUT2D eigenvalue weighted by Gasteiger charge is -2.17. The second-order valence-corrected chi connectivity index (χ2v) is 5.82. The highest BCUT2D eigenvalue weighted by molar-refractivity contribution is 5.99. The van der Waals surface area contributed by atoms with Gasteiger partial charge in [-0.2, -0.15) is 0 Å². The second-order valence-electron chi connectivity index (χ2n) is 5.82. The Balaban J connectivity index is 2.08. The molecule has 1 atom stereocenters. The summed E-state index contributed by atoms with van der Waals surface area (Å²) in [5.74, 6) is -0.467. The van der Waals surface area contributed by atoms with Gasteiger partial charge in [0, 0.05) is 25.2 Å². The van der Waals surface area contributed by atoms with Gasteiger partial charge in [-0.25, -0.2) is 0 Å². The first-order chi connectivity index (χ1) is 11.5. The molecule has 5 heteroatoms. The molecule has 0 aromatic heterocycles. The van der Waals surface area contributed by atoms with Gasteiger partial charge in [-0.3, -0.25) is 9.59 Å². The predicted molar refractivity (Wildman–Crippen MR) is 92.9 cm³/mol. The standard InChI is InChI=1S/C19H22N2O3/c1-21(2)19(24)16-10-6-9-15(12-16)18(23)20-17(13-22)11-14-7-4-3-5-8-14/h3-10,12,17,22H,11,13H2,1-2H3,(H,20,23). The maximum atomic E-state index is 12.4. The lowest BCUT2D eigenvalue weighted by Crippen LogP contribution is -2.39. The molecule has 0 aliphatic heterocycles. The minimum absolute atomic E-state index is 0.156. The summed E-state index contributed by atoms with van der Waals surface area (Å²) >= 11 is 0. The number of carbonyl (C=O) groups is 2. The summed E-state index contributed by atoms with van der Waals surface area (Å²) in [6.45, 7) is -0.156. The first-order valence-electron chi connectivity index (χ1n) is 7.78. The van der Waals surface area contributed by atoms with Crippen molar-refractivity contribution in [2.45, 2.75) is 12.5 Å². The lowest BCUT2D eigenvalue weighted by molar-refractivity contribution is 0.0827. The summed E-state index contributed by atoms with van der Waals surface area (Å²) in [7, 11) is 3.33. The van der Waals surface area contributed by atoms with Gasteiger partial charge in [0.25, 0.3) is 11.8 Å². The highest BCUT2D eigenvalue weighted by Gasteiger charge is 2.15. The number of amides is 2. The zero-order valence-corrected chi connectivity index (χ0v) is 13.9. The second kappa shape index (κ2) is 8.26. The molecule has 2 rings (SSSR count). The Morgan fingerprint density at radius 3 is 2.33 bits per heavy atom. The maximum Gasteiger partial charge on any atom is 0.253 e. The molecule has 0 saturated heterocycles. The van der Waals surface area contributed by atoms with E-state index >= 15 is 0 Å². The van der Waals surface area contributed by atoms with Crippen LogP contribution < -0.4 is 5.32 Å². The Bertz CT molecular complexity index is 699. The Kier molecular flexibility index (Phi) is 6.09. The Labute approximate surface area is 141 Å². The summed E-state index contributed by atoms with van der Waals surface area (Å²) in [5, 5.41) is 12.3. The SMILES string of the molecule is CN(C)C(=O)c1cccc(C(=O)NC(CO)Cc2ccccc2)c1. The van der Waals surface area contributed by atoms with Gasteiger partial charge in [-0.05, 0) is 30.2 Å². The van der Waals surface area contributed by atoms with Gasteiger partial charge in [0.05, 0.1) is 12.6 Å². The van der Waals surface area contributed by atoms with Crippen LogP contribution in [-0.2, 0) is 6.42 Å². The number of nitrogens with zero attached hydrogens (tertiary/aromatic N) is 1. The molecule has 0 bridgehead atoms. The van der Waals surface area contributed by atoms with E-state index in [1.807, 2.05) is 30.3 Å². The van der Waals surface area contributed by atoms with Crippen LogP contribution >= 0.6 is 0 Å². The monoisotopic (exact) mass is 326 g/mol. The van der Waals surface area contributed by atoms with E-state index in [0.717, 1.165) is 5.56 Å². The number of carbonyl (C=O) groups excluding carboxylic acids is 2. The van der Waals surface area contributed by atoms with E-state index in [1.54, 1.807) is 38.4 Å². The molecule has 2 aromatic rings. The van der Waals surface area contributed by atoms with E-state index in [9.17, 15) is 14.7 Å². The summed E-state index contributed by atoms with van der Waals surface area (Å²) in [5.41, 5.74) is 1.89. The van der Waals surface area contributed by atoms with Crippen LogP contribution in [0.1, 0.15) is 26.3 Å². The van der Waals surface area contributed by atoms with Crippen molar-refractivity contribution >= 4 is 11.8 Å². The highest BCUT2D eigenvalue weighted by Crippen LogP contribution is 2.09. The van der Waals surface area contributed by atoms with Gasteiger partial charge in [0.1, 0.15) is 0 Å². The molecule has 2 aromatic carbocycles. The molecule has 1 unspecified atom stereocenters. The molecule has 0 fully saturated rings. The first-order valence-corrected chi connectivity index (χ1v) is 7.78. The Morgan fingerprint density at radius 1 is 1.04 bits per heavy atom. The van der Waals surface area contributed by atoms with Crippen molar-refractivity contribution in [3.63, 3.8) is 0 Å². The molecule has 0 heterocycles. The number of aliphatic hydroxyl groups excluding tert-OH is 1. The third-order valence-electron chi connectivity index (χ3n) is 3.66. The molecular weight excluding hydrogens is 304 g/mol. The van der Waals surface area contributed by atoms with Gasteiger partial charge in [0.15, 0.2) is 0 Å². The Hall–Kier alpha value is -2.66. The number of benzene rings is 2. The van der Waals surface area contributed by atoms with Crippen molar-refractivity contribution in [3.05, 3.63) is 71.3 Å². The molecular formula is C19H22N2O3. The smallest absolute Gasteiger partial charge is 0.253 e. The molecule has 24 heavy (non-hydrogen) atoms.